The average Bonchev–Trinajstić information content (AvgIpc) is 3.19. The first kappa shape index (κ1) is 21.5. The van der Waals surface area contributed by atoms with Crippen LogP contribution in [0.3, 0.4) is 0 Å². The Bertz CT molecular complexity index is 644. The molecular formula is C19H29BrN2O6. The molecule has 3 fully saturated rings. The number of ether oxygens (including phenoxy) is 2. The molecule has 0 aliphatic carbocycles. The van der Waals surface area contributed by atoms with Crippen LogP contribution in [0, 0.1) is 11.8 Å². The largest absolute Gasteiger partial charge is 0.466 e. The fraction of sp³-hybridized carbons (Fsp3) is 0.842. The highest BCUT2D eigenvalue weighted by molar-refractivity contribution is 9.09. The molecule has 9 heteroatoms. The molecule has 3 rings (SSSR count). The van der Waals surface area contributed by atoms with Gasteiger partial charge in [0.15, 0.2) is 0 Å². The maximum Gasteiger partial charge on any atom is 0.312 e. The van der Waals surface area contributed by atoms with Crippen LogP contribution in [0.25, 0.3) is 0 Å². The Morgan fingerprint density at radius 2 is 2.14 bits per heavy atom. The van der Waals surface area contributed by atoms with Crippen molar-refractivity contribution in [2.24, 2.45) is 11.8 Å². The van der Waals surface area contributed by atoms with E-state index in [0.29, 0.717) is 25.8 Å². The van der Waals surface area contributed by atoms with Gasteiger partial charge in [-0.3, -0.25) is 14.4 Å². The van der Waals surface area contributed by atoms with Gasteiger partial charge in [0, 0.05) is 24.0 Å². The number of rotatable bonds is 8. The zero-order valence-corrected chi connectivity index (χ0v) is 18.1. The third-order valence-corrected chi connectivity index (χ3v) is 6.68. The van der Waals surface area contributed by atoms with Crippen molar-refractivity contribution >= 4 is 33.7 Å². The molecular weight excluding hydrogens is 432 g/mol. The van der Waals surface area contributed by atoms with Crippen LogP contribution in [0.2, 0.25) is 0 Å². The number of nitrogens with zero attached hydrogens (tertiary/aromatic N) is 1. The van der Waals surface area contributed by atoms with E-state index < -0.39 is 35.6 Å². The number of amides is 2. The van der Waals surface area contributed by atoms with E-state index >= 15 is 0 Å². The van der Waals surface area contributed by atoms with Crippen molar-refractivity contribution in [3.8, 4) is 0 Å². The molecule has 1 spiro atoms. The Kier molecular flexibility index (Phi) is 6.36. The summed E-state index contributed by atoms with van der Waals surface area (Å²) in [6.07, 6.45) is 1.10. The molecule has 0 aromatic rings. The maximum atomic E-state index is 13.4. The van der Waals surface area contributed by atoms with Crippen LogP contribution in [0.1, 0.15) is 40.0 Å². The van der Waals surface area contributed by atoms with Crippen molar-refractivity contribution in [3.05, 3.63) is 0 Å². The Hall–Kier alpha value is -1.19. The first-order valence-corrected chi connectivity index (χ1v) is 10.9. The van der Waals surface area contributed by atoms with Crippen LogP contribution in [0.5, 0.6) is 0 Å². The van der Waals surface area contributed by atoms with Crippen LogP contribution >= 0.6 is 15.9 Å². The SMILES string of the molecule is CCOC(=O)[C@@H]1[C@H]2O[C@@]3(CC2Br)[C@H](C(=O)NC(C)C)N(CCCCO)C(=O)[C@@H]13. The van der Waals surface area contributed by atoms with E-state index in [2.05, 4.69) is 21.2 Å². The molecule has 2 bridgehead atoms. The average molecular weight is 461 g/mol. The van der Waals surface area contributed by atoms with Gasteiger partial charge in [0.1, 0.15) is 11.6 Å². The molecule has 158 valence electrons. The van der Waals surface area contributed by atoms with Crippen LogP contribution in [-0.2, 0) is 23.9 Å². The summed E-state index contributed by atoms with van der Waals surface area (Å²) in [4.78, 5) is 40.6. The summed E-state index contributed by atoms with van der Waals surface area (Å²) in [6.45, 7) is 6.03. The molecule has 0 saturated carbocycles. The third kappa shape index (κ3) is 3.35. The summed E-state index contributed by atoms with van der Waals surface area (Å²) in [5.41, 5.74) is -1.04. The molecule has 3 aliphatic rings. The van der Waals surface area contributed by atoms with Gasteiger partial charge in [0.25, 0.3) is 0 Å². The van der Waals surface area contributed by atoms with Crippen LogP contribution < -0.4 is 5.32 Å². The third-order valence-electron chi connectivity index (χ3n) is 5.83. The number of halogens is 1. The Balaban J connectivity index is 1.98. The number of carbonyl (C=O) groups excluding carboxylic acids is 3. The zero-order valence-electron chi connectivity index (χ0n) is 16.5. The van der Waals surface area contributed by atoms with Gasteiger partial charge in [-0.15, -0.1) is 0 Å². The first-order valence-electron chi connectivity index (χ1n) is 9.98. The molecule has 2 N–H and O–H groups in total. The summed E-state index contributed by atoms with van der Waals surface area (Å²) >= 11 is 3.59. The fourth-order valence-electron chi connectivity index (χ4n) is 4.94. The first-order chi connectivity index (χ1) is 13.3. The lowest BCUT2D eigenvalue weighted by atomic mass is 9.70. The number of nitrogens with one attached hydrogen (secondary N) is 1. The minimum atomic E-state index is -1.04. The maximum absolute atomic E-state index is 13.4. The second kappa shape index (κ2) is 8.28. The number of hydrogen-bond acceptors (Lipinski definition) is 6. The van der Waals surface area contributed by atoms with Gasteiger partial charge >= 0.3 is 5.97 Å². The summed E-state index contributed by atoms with van der Waals surface area (Å²) in [6, 6.07) is -0.882. The number of unbranched alkanes of at least 4 members (excludes halogenated alkanes) is 1. The monoisotopic (exact) mass is 460 g/mol. The molecule has 3 saturated heterocycles. The van der Waals surface area contributed by atoms with Gasteiger partial charge in [-0.25, -0.2) is 0 Å². The minimum Gasteiger partial charge on any atom is -0.466 e. The number of fused-ring (bicyclic) bond motifs is 1. The predicted octanol–water partition coefficient (Wildman–Crippen LogP) is 0.595. The quantitative estimate of drug-likeness (QED) is 0.312. The number of alkyl halides is 1. The lowest BCUT2D eigenvalue weighted by Crippen LogP contribution is -2.56. The Morgan fingerprint density at radius 3 is 2.75 bits per heavy atom. The van der Waals surface area contributed by atoms with Crippen LogP contribution in [0.4, 0.5) is 0 Å². The second-order valence-corrected chi connectivity index (χ2v) is 9.22. The van der Waals surface area contributed by atoms with E-state index in [1.54, 1.807) is 11.8 Å². The van der Waals surface area contributed by atoms with Gasteiger partial charge in [-0.1, -0.05) is 15.9 Å². The molecule has 28 heavy (non-hydrogen) atoms. The molecule has 0 radical (unpaired) electrons. The van der Waals surface area contributed by atoms with Crippen molar-refractivity contribution in [1.82, 2.24) is 10.2 Å². The molecule has 0 aromatic carbocycles. The minimum absolute atomic E-state index is 0.0208. The molecule has 2 amide bonds. The van der Waals surface area contributed by atoms with Crippen molar-refractivity contribution in [3.63, 3.8) is 0 Å². The molecule has 3 heterocycles. The number of likely N-dealkylation sites (tertiary alicyclic amines) is 1. The number of hydrogen-bond donors (Lipinski definition) is 2. The van der Waals surface area contributed by atoms with Gasteiger partial charge in [-0.2, -0.15) is 0 Å². The van der Waals surface area contributed by atoms with E-state index in [0.717, 1.165) is 0 Å². The zero-order chi connectivity index (χ0) is 20.6. The summed E-state index contributed by atoms with van der Waals surface area (Å²) in [5.74, 6) is -2.39. The van der Waals surface area contributed by atoms with Crippen molar-refractivity contribution < 1.29 is 29.0 Å². The van der Waals surface area contributed by atoms with E-state index in [1.807, 2.05) is 13.8 Å². The summed E-state index contributed by atoms with van der Waals surface area (Å²) in [7, 11) is 0. The number of carbonyl (C=O) groups is 3. The van der Waals surface area contributed by atoms with Crippen molar-refractivity contribution in [2.75, 3.05) is 19.8 Å². The van der Waals surface area contributed by atoms with E-state index in [1.165, 1.54) is 0 Å². The fourth-order valence-corrected chi connectivity index (χ4v) is 5.88. The second-order valence-electron chi connectivity index (χ2n) is 8.04. The highest BCUT2D eigenvalue weighted by Gasteiger charge is 2.76. The standard InChI is InChI=1S/C19H29BrN2O6/c1-4-27-18(26)12-13-17(25)22(7-5-6-8-23)15(16(24)21-10(2)3)19(13)9-11(20)14(12)28-19/h10-15,23H,4-9H2,1-3H3,(H,21,24)/t11?,12-,13+,14-,15-,19+/m0/s1. The molecule has 6 atom stereocenters. The van der Waals surface area contributed by atoms with Gasteiger partial charge in [0.2, 0.25) is 11.8 Å². The lowest BCUT2D eigenvalue weighted by molar-refractivity contribution is -0.154. The van der Waals surface area contributed by atoms with E-state index in [9.17, 15) is 14.4 Å². The lowest BCUT2D eigenvalue weighted by Gasteiger charge is -2.34. The molecule has 8 nitrogen and oxygen atoms in total. The van der Waals surface area contributed by atoms with Crippen LogP contribution in [-0.4, -0.2) is 76.2 Å². The molecule has 1 unspecified atom stereocenters. The summed E-state index contributed by atoms with van der Waals surface area (Å²) < 4.78 is 11.5. The smallest absolute Gasteiger partial charge is 0.312 e. The number of aliphatic hydroxyl groups is 1. The molecule has 0 aromatic heterocycles. The number of aliphatic hydroxyl groups excluding tert-OH is 1. The van der Waals surface area contributed by atoms with Gasteiger partial charge in [-0.05, 0) is 40.0 Å². The van der Waals surface area contributed by atoms with Gasteiger partial charge < -0.3 is 24.8 Å². The Labute approximate surface area is 173 Å². The summed E-state index contributed by atoms with van der Waals surface area (Å²) in [5, 5.41) is 12.0. The van der Waals surface area contributed by atoms with E-state index in [4.69, 9.17) is 14.6 Å². The predicted molar refractivity (Wildman–Crippen MR) is 104 cm³/mol. The highest BCUT2D eigenvalue weighted by Crippen LogP contribution is 2.60. The highest BCUT2D eigenvalue weighted by atomic mass is 79.9. The van der Waals surface area contributed by atoms with Crippen molar-refractivity contribution in [1.29, 1.82) is 0 Å². The molecule has 3 aliphatic heterocycles. The normalized spacial score (nSPS) is 36.1. The van der Waals surface area contributed by atoms with E-state index in [-0.39, 0.29) is 35.9 Å². The van der Waals surface area contributed by atoms with Crippen LogP contribution in [0.15, 0.2) is 0 Å². The Morgan fingerprint density at radius 1 is 1.43 bits per heavy atom. The van der Waals surface area contributed by atoms with Crippen molar-refractivity contribution in [2.45, 2.75) is 68.6 Å². The van der Waals surface area contributed by atoms with Gasteiger partial charge in [0.05, 0.1) is 24.5 Å². The number of esters is 1. The topological polar surface area (TPSA) is 105 Å².